The standard InChI is InChI=1S/C22H19FN4O4S2/c23-17-5-7-18(8-6-17)31-14-21-25-19(15-32-21)22(28)26-9-11-27(12-10-26)33(29,30)20-4-2-1-3-16(20)13-24/h1-8,15H,9-12,14H2. The lowest BCUT2D eigenvalue weighted by Crippen LogP contribution is -2.50. The lowest BCUT2D eigenvalue weighted by Gasteiger charge is -2.33. The zero-order chi connectivity index (χ0) is 23.4. The minimum absolute atomic E-state index is 0.0300. The summed E-state index contributed by atoms with van der Waals surface area (Å²) in [6, 6.07) is 13.6. The van der Waals surface area contributed by atoms with Gasteiger partial charge in [0.2, 0.25) is 10.0 Å². The second-order valence-electron chi connectivity index (χ2n) is 7.17. The van der Waals surface area contributed by atoms with E-state index in [9.17, 15) is 22.9 Å². The maximum absolute atomic E-state index is 13.0. The first kappa shape index (κ1) is 22.8. The molecule has 0 bridgehead atoms. The molecule has 0 saturated carbocycles. The van der Waals surface area contributed by atoms with Gasteiger partial charge in [-0.3, -0.25) is 4.79 Å². The van der Waals surface area contributed by atoms with Crippen molar-refractivity contribution in [3.63, 3.8) is 0 Å². The Kier molecular flexibility index (Phi) is 6.69. The van der Waals surface area contributed by atoms with Crippen LogP contribution in [-0.2, 0) is 16.6 Å². The number of halogens is 1. The number of ether oxygens (including phenoxy) is 1. The van der Waals surface area contributed by atoms with E-state index < -0.39 is 10.0 Å². The van der Waals surface area contributed by atoms with Crippen LogP contribution in [0, 0.1) is 17.1 Å². The molecule has 2 heterocycles. The first-order valence-corrected chi connectivity index (χ1v) is 12.3. The molecule has 1 saturated heterocycles. The number of rotatable bonds is 6. The van der Waals surface area contributed by atoms with E-state index in [1.807, 2.05) is 6.07 Å². The molecule has 0 unspecified atom stereocenters. The Morgan fingerprint density at radius 2 is 1.82 bits per heavy atom. The molecule has 1 fully saturated rings. The fraction of sp³-hybridized carbons (Fsp3) is 0.227. The molecule has 4 rings (SSSR count). The molecule has 11 heteroatoms. The predicted octanol–water partition coefficient (Wildman–Crippen LogP) is 2.88. The molecule has 0 radical (unpaired) electrons. The van der Waals surface area contributed by atoms with E-state index in [2.05, 4.69) is 4.98 Å². The number of hydrogen-bond donors (Lipinski definition) is 0. The third-order valence-electron chi connectivity index (χ3n) is 5.10. The van der Waals surface area contributed by atoms with E-state index in [1.54, 1.807) is 22.4 Å². The Balaban J connectivity index is 1.36. The van der Waals surface area contributed by atoms with Gasteiger partial charge in [0.1, 0.15) is 34.9 Å². The van der Waals surface area contributed by atoms with Crippen LogP contribution in [0.2, 0.25) is 0 Å². The number of benzene rings is 2. The van der Waals surface area contributed by atoms with E-state index in [0.717, 1.165) is 0 Å². The number of piperazine rings is 1. The van der Waals surface area contributed by atoms with Crippen molar-refractivity contribution in [2.75, 3.05) is 26.2 Å². The van der Waals surface area contributed by atoms with Crippen molar-refractivity contribution < 1.29 is 22.3 Å². The molecule has 3 aromatic rings. The van der Waals surface area contributed by atoms with Crippen LogP contribution in [0.4, 0.5) is 4.39 Å². The highest BCUT2D eigenvalue weighted by Gasteiger charge is 2.32. The molecule has 1 aliphatic rings. The van der Waals surface area contributed by atoms with Crippen LogP contribution in [0.15, 0.2) is 58.8 Å². The highest BCUT2D eigenvalue weighted by molar-refractivity contribution is 7.89. The number of aromatic nitrogens is 1. The lowest BCUT2D eigenvalue weighted by atomic mass is 10.2. The van der Waals surface area contributed by atoms with Gasteiger partial charge in [0, 0.05) is 31.6 Å². The molecule has 170 valence electrons. The summed E-state index contributed by atoms with van der Waals surface area (Å²) in [5.74, 6) is -0.143. The van der Waals surface area contributed by atoms with E-state index in [0.29, 0.717) is 10.8 Å². The number of carbonyl (C=O) groups is 1. The van der Waals surface area contributed by atoms with Gasteiger partial charge in [-0.1, -0.05) is 12.1 Å². The number of sulfonamides is 1. The predicted molar refractivity (Wildman–Crippen MR) is 119 cm³/mol. The largest absolute Gasteiger partial charge is 0.486 e. The second kappa shape index (κ2) is 9.66. The number of carbonyl (C=O) groups excluding carboxylic acids is 1. The number of hydrogen-bond acceptors (Lipinski definition) is 7. The van der Waals surface area contributed by atoms with Gasteiger partial charge in [-0.15, -0.1) is 11.3 Å². The highest BCUT2D eigenvalue weighted by Crippen LogP contribution is 2.22. The smallest absolute Gasteiger partial charge is 0.273 e. The molecule has 1 amide bonds. The average Bonchev–Trinajstić information content (AvgIpc) is 3.32. The number of amides is 1. The molecule has 1 aromatic heterocycles. The van der Waals surface area contributed by atoms with Gasteiger partial charge in [0.25, 0.3) is 5.91 Å². The van der Waals surface area contributed by atoms with Crippen molar-refractivity contribution >= 4 is 27.3 Å². The lowest BCUT2D eigenvalue weighted by molar-refractivity contribution is 0.0692. The Morgan fingerprint density at radius 3 is 2.52 bits per heavy atom. The Morgan fingerprint density at radius 1 is 1.12 bits per heavy atom. The first-order valence-electron chi connectivity index (χ1n) is 10.00. The summed E-state index contributed by atoms with van der Waals surface area (Å²) in [6.45, 7) is 0.822. The summed E-state index contributed by atoms with van der Waals surface area (Å²) in [7, 11) is -3.83. The van der Waals surface area contributed by atoms with Crippen molar-refractivity contribution in [2.45, 2.75) is 11.5 Å². The summed E-state index contributed by atoms with van der Waals surface area (Å²) < 4.78 is 45.7. The third kappa shape index (κ3) is 5.03. The normalized spacial score (nSPS) is 14.6. The molecule has 0 N–H and O–H groups in total. The zero-order valence-corrected chi connectivity index (χ0v) is 19.0. The van der Waals surface area contributed by atoms with Gasteiger partial charge in [-0.05, 0) is 36.4 Å². The van der Waals surface area contributed by atoms with Crippen molar-refractivity contribution in [3.05, 3.63) is 76.0 Å². The van der Waals surface area contributed by atoms with Crippen LogP contribution in [-0.4, -0.2) is 54.7 Å². The van der Waals surface area contributed by atoms with E-state index in [4.69, 9.17) is 4.74 Å². The van der Waals surface area contributed by atoms with Crippen molar-refractivity contribution in [1.82, 2.24) is 14.2 Å². The minimum Gasteiger partial charge on any atom is -0.486 e. The van der Waals surface area contributed by atoms with Gasteiger partial charge in [0.15, 0.2) is 0 Å². The first-order chi connectivity index (χ1) is 15.9. The maximum Gasteiger partial charge on any atom is 0.273 e. The zero-order valence-electron chi connectivity index (χ0n) is 17.3. The molecule has 1 aliphatic heterocycles. The number of thiazole rings is 1. The van der Waals surface area contributed by atoms with Crippen LogP contribution < -0.4 is 4.74 Å². The fourth-order valence-electron chi connectivity index (χ4n) is 3.37. The van der Waals surface area contributed by atoms with Crippen molar-refractivity contribution in [2.24, 2.45) is 0 Å². The second-order valence-corrected chi connectivity index (χ2v) is 10.0. The van der Waals surface area contributed by atoms with Crippen molar-refractivity contribution in [3.8, 4) is 11.8 Å². The summed E-state index contributed by atoms with van der Waals surface area (Å²) in [6.07, 6.45) is 0. The summed E-state index contributed by atoms with van der Waals surface area (Å²) in [4.78, 5) is 18.7. The molecule has 0 aliphatic carbocycles. The third-order valence-corrected chi connectivity index (χ3v) is 7.88. The fourth-order valence-corrected chi connectivity index (χ4v) is 5.61. The van der Waals surface area contributed by atoms with Gasteiger partial charge < -0.3 is 9.64 Å². The van der Waals surface area contributed by atoms with Crippen LogP contribution in [0.1, 0.15) is 21.1 Å². The monoisotopic (exact) mass is 486 g/mol. The quantitative estimate of drug-likeness (QED) is 0.531. The highest BCUT2D eigenvalue weighted by atomic mass is 32.2. The molecule has 2 aromatic carbocycles. The topological polar surface area (TPSA) is 104 Å². The SMILES string of the molecule is N#Cc1ccccc1S(=O)(=O)N1CCN(C(=O)c2csc(COc3ccc(F)cc3)n2)CC1. The Bertz CT molecular complexity index is 1290. The molecule has 33 heavy (non-hydrogen) atoms. The van der Waals surface area contributed by atoms with Crippen LogP contribution in [0.25, 0.3) is 0 Å². The van der Waals surface area contributed by atoms with E-state index >= 15 is 0 Å². The molecular formula is C22H19FN4O4S2. The van der Waals surface area contributed by atoms with Gasteiger partial charge in [-0.25, -0.2) is 17.8 Å². The molecular weight excluding hydrogens is 467 g/mol. The Hall–Kier alpha value is -3.33. The molecule has 0 spiro atoms. The summed E-state index contributed by atoms with van der Waals surface area (Å²) >= 11 is 1.28. The van der Waals surface area contributed by atoms with Gasteiger partial charge in [-0.2, -0.15) is 9.57 Å². The number of nitrogens with zero attached hydrogens (tertiary/aromatic N) is 4. The van der Waals surface area contributed by atoms with E-state index in [1.165, 1.54) is 52.0 Å². The van der Waals surface area contributed by atoms with Crippen LogP contribution >= 0.6 is 11.3 Å². The summed E-state index contributed by atoms with van der Waals surface area (Å²) in [5.41, 5.74) is 0.359. The average molecular weight is 487 g/mol. The Labute approximate surface area is 194 Å². The maximum atomic E-state index is 13.0. The molecule has 0 atom stereocenters. The van der Waals surface area contributed by atoms with Gasteiger partial charge in [0.05, 0.1) is 10.5 Å². The number of nitriles is 1. The van der Waals surface area contributed by atoms with E-state index in [-0.39, 0.29) is 60.7 Å². The van der Waals surface area contributed by atoms with Crippen LogP contribution in [0.5, 0.6) is 5.75 Å². The van der Waals surface area contributed by atoms with Crippen molar-refractivity contribution in [1.29, 1.82) is 5.26 Å². The molecule has 8 nitrogen and oxygen atoms in total. The van der Waals surface area contributed by atoms with Gasteiger partial charge >= 0.3 is 0 Å². The summed E-state index contributed by atoms with van der Waals surface area (Å²) in [5, 5.41) is 11.5. The van der Waals surface area contributed by atoms with Crippen LogP contribution in [0.3, 0.4) is 0 Å². The minimum atomic E-state index is -3.83.